The number of nitrogens with one attached hydrogen (secondary N) is 1. The van der Waals surface area contributed by atoms with E-state index in [9.17, 15) is 27.6 Å². The van der Waals surface area contributed by atoms with E-state index in [0.717, 1.165) is 6.20 Å². The molecule has 0 fully saturated rings. The molecule has 9 heteroatoms. The second-order valence-electron chi connectivity index (χ2n) is 4.27. The molecule has 108 valence electrons. The zero-order valence-electron chi connectivity index (χ0n) is 9.95. The summed E-state index contributed by atoms with van der Waals surface area (Å²) in [5.41, 5.74) is -0.801. The molecule has 0 radical (unpaired) electrons. The molecule has 1 aliphatic heterocycles. The van der Waals surface area contributed by atoms with Crippen LogP contribution in [-0.4, -0.2) is 39.6 Å². The Kier molecular flexibility index (Phi) is 3.28. The van der Waals surface area contributed by atoms with E-state index in [1.54, 1.807) is 0 Å². The number of hydrogen-bond acceptors (Lipinski definition) is 3. The number of nitrogens with zero attached hydrogens (tertiary/aromatic N) is 1. The normalized spacial score (nSPS) is 14.8. The summed E-state index contributed by atoms with van der Waals surface area (Å²) in [6.07, 6.45) is -4.22. The number of pyridine rings is 1. The molecule has 0 atom stereocenters. The van der Waals surface area contributed by atoms with Crippen LogP contribution in [-0.2, 0) is 17.8 Å². The minimum absolute atomic E-state index is 0.0508. The minimum Gasteiger partial charge on any atom is -0.478 e. The molecule has 2 heterocycles. The minimum atomic E-state index is -5.03. The van der Waals surface area contributed by atoms with Crippen molar-refractivity contribution in [2.24, 2.45) is 0 Å². The molecule has 0 aromatic carbocycles. The van der Waals surface area contributed by atoms with Gasteiger partial charge in [-0.3, -0.25) is 9.59 Å². The Morgan fingerprint density at radius 3 is 2.50 bits per heavy atom. The monoisotopic (exact) mass is 290 g/mol. The van der Waals surface area contributed by atoms with Crippen LogP contribution in [0.4, 0.5) is 13.2 Å². The zero-order valence-corrected chi connectivity index (χ0v) is 9.95. The first kappa shape index (κ1) is 14.1. The average molecular weight is 290 g/mol. The Labute approximate surface area is 109 Å². The summed E-state index contributed by atoms with van der Waals surface area (Å²) in [6.45, 7) is -0.823. The number of hydrogen-bond donors (Lipinski definition) is 2. The van der Waals surface area contributed by atoms with Crippen molar-refractivity contribution in [3.63, 3.8) is 0 Å². The van der Waals surface area contributed by atoms with Gasteiger partial charge in [0.05, 0.1) is 5.56 Å². The Bertz CT molecular complexity index is 636. The number of carboxylic acid groups (broad SMARTS) is 1. The van der Waals surface area contributed by atoms with E-state index in [-0.39, 0.29) is 29.7 Å². The van der Waals surface area contributed by atoms with Crippen LogP contribution in [0.2, 0.25) is 0 Å². The number of carbonyl (C=O) groups is 2. The van der Waals surface area contributed by atoms with Gasteiger partial charge in [0.15, 0.2) is 0 Å². The third-order valence-electron chi connectivity index (χ3n) is 3.05. The Morgan fingerprint density at radius 2 is 1.95 bits per heavy atom. The number of carbonyl (C=O) groups excluding carboxylic acids is 1. The van der Waals surface area contributed by atoms with Gasteiger partial charge in [-0.15, -0.1) is 0 Å². The number of alkyl halides is 3. The van der Waals surface area contributed by atoms with Crippen LogP contribution in [0.3, 0.4) is 0 Å². The maximum atomic E-state index is 12.4. The van der Waals surface area contributed by atoms with E-state index < -0.39 is 30.2 Å². The number of aromatic nitrogens is 1. The molecule has 0 bridgehead atoms. The highest BCUT2D eigenvalue weighted by Gasteiger charge is 2.43. The van der Waals surface area contributed by atoms with Crippen LogP contribution in [0, 0.1) is 0 Å². The summed E-state index contributed by atoms with van der Waals surface area (Å²) >= 11 is 0. The van der Waals surface area contributed by atoms with Gasteiger partial charge in [-0.05, 0) is 12.0 Å². The number of aromatic carboxylic acids is 1. The summed E-state index contributed by atoms with van der Waals surface area (Å²) in [7, 11) is 0. The number of rotatable bonds is 1. The third-order valence-corrected chi connectivity index (χ3v) is 3.05. The smallest absolute Gasteiger partial charge is 0.471 e. The predicted molar refractivity (Wildman–Crippen MR) is 59.2 cm³/mol. The molecule has 0 aliphatic carbocycles. The van der Waals surface area contributed by atoms with Crippen molar-refractivity contribution in [1.82, 2.24) is 9.88 Å². The number of fused-ring (bicyclic) bond motifs is 1. The lowest BCUT2D eigenvalue weighted by molar-refractivity contribution is -0.186. The molecule has 1 aliphatic rings. The first-order chi connectivity index (χ1) is 9.21. The van der Waals surface area contributed by atoms with Crippen LogP contribution in [0.15, 0.2) is 11.0 Å². The molecule has 0 saturated heterocycles. The highest BCUT2D eigenvalue weighted by Crippen LogP contribution is 2.25. The molecule has 2 rings (SSSR count). The van der Waals surface area contributed by atoms with E-state index >= 15 is 0 Å². The molecule has 0 unspecified atom stereocenters. The molecule has 20 heavy (non-hydrogen) atoms. The number of amides is 1. The molecular weight excluding hydrogens is 281 g/mol. The molecule has 0 saturated carbocycles. The third kappa shape index (κ3) is 2.38. The average Bonchev–Trinajstić information content (AvgIpc) is 2.36. The van der Waals surface area contributed by atoms with E-state index in [1.807, 2.05) is 0 Å². The van der Waals surface area contributed by atoms with Gasteiger partial charge < -0.3 is 15.0 Å². The molecule has 1 aromatic rings. The van der Waals surface area contributed by atoms with Gasteiger partial charge >= 0.3 is 18.1 Å². The standard InChI is InChI=1S/C11H9F3N2O4/c12-11(13,14)10(20)16-2-1-5-7(4-16)6(9(18)19)3-15-8(5)17/h3H,1-2,4H2,(H,15,17)(H,18,19). The van der Waals surface area contributed by atoms with Crippen molar-refractivity contribution in [3.05, 3.63) is 33.2 Å². The molecule has 6 nitrogen and oxygen atoms in total. The summed E-state index contributed by atoms with van der Waals surface area (Å²) in [4.78, 5) is 36.4. The fourth-order valence-corrected chi connectivity index (χ4v) is 2.12. The first-order valence-electron chi connectivity index (χ1n) is 5.54. The molecule has 0 spiro atoms. The Balaban J connectivity index is 2.43. The van der Waals surface area contributed by atoms with Gasteiger partial charge in [0.2, 0.25) is 0 Å². The van der Waals surface area contributed by atoms with Gasteiger partial charge in [0.1, 0.15) is 0 Å². The maximum absolute atomic E-state index is 12.4. The number of aromatic amines is 1. The van der Waals surface area contributed by atoms with E-state index in [2.05, 4.69) is 4.98 Å². The largest absolute Gasteiger partial charge is 0.478 e. The highest BCUT2D eigenvalue weighted by atomic mass is 19.4. The van der Waals surface area contributed by atoms with Crippen LogP contribution < -0.4 is 5.56 Å². The van der Waals surface area contributed by atoms with Crippen molar-refractivity contribution < 1.29 is 27.9 Å². The van der Waals surface area contributed by atoms with Gasteiger partial charge in [-0.25, -0.2) is 4.79 Å². The van der Waals surface area contributed by atoms with E-state index in [1.165, 1.54) is 0 Å². The van der Waals surface area contributed by atoms with E-state index in [0.29, 0.717) is 4.90 Å². The number of H-pyrrole nitrogens is 1. The Hall–Kier alpha value is -2.32. The lowest BCUT2D eigenvalue weighted by Gasteiger charge is -2.29. The van der Waals surface area contributed by atoms with E-state index in [4.69, 9.17) is 5.11 Å². The lowest BCUT2D eigenvalue weighted by atomic mass is 9.97. The molecule has 1 amide bonds. The highest BCUT2D eigenvalue weighted by molar-refractivity contribution is 5.90. The fraction of sp³-hybridized carbons (Fsp3) is 0.364. The topological polar surface area (TPSA) is 90.5 Å². The van der Waals surface area contributed by atoms with Gasteiger partial charge in [0, 0.05) is 24.8 Å². The second kappa shape index (κ2) is 4.66. The predicted octanol–water partition coefficient (Wildman–Crippen LogP) is 0.520. The van der Waals surface area contributed by atoms with Crippen molar-refractivity contribution >= 4 is 11.9 Å². The zero-order chi connectivity index (χ0) is 15.1. The van der Waals surface area contributed by atoms with Crippen LogP contribution in [0.25, 0.3) is 0 Å². The summed E-state index contributed by atoms with van der Waals surface area (Å²) in [6, 6.07) is 0. The molecular formula is C11H9F3N2O4. The second-order valence-corrected chi connectivity index (χ2v) is 4.27. The summed E-state index contributed by atoms with van der Waals surface area (Å²) < 4.78 is 37.1. The Morgan fingerprint density at radius 1 is 1.30 bits per heavy atom. The van der Waals surface area contributed by atoms with Crippen LogP contribution in [0.5, 0.6) is 0 Å². The van der Waals surface area contributed by atoms with Crippen LogP contribution in [0.1, 0.15) is 21.5 Å². The molecule has 1 aromatic heterocycles. The van der Waals surface area contributed by atoms with Gasteiger partial charge in [-0.1, -0.05) is 0 Å². The maximum Gasteiger partial charge on any atom is 0.471 e. The summed E-state index contributed by atoms with van der Waals surface area (Å²) in [5.74, 6) is -3.42. The van der Waals surface area contributed by atoms with Crippen molar-refractivity contribution in [2.75, 3.05) is 6.54 Å². The van der Waals surface area contributed by atoms with Crippen LogP contribution >= 0.6 is 0 Å². The first-order valence-corrected chi connectivity index (χ1v) is 5.54. The van der Waals surface area contributed by atoms with Gasteiger partial charge in [0.25, 0.3) is 5.56 Å². The summed E-state index contributed by atoms with van der Waals surface area (Å²) in [5, 5.41) is 8.97. The quantitative estimate of drug-likeness (QED) is 0.789. The number of halogens is 3. The van der Waals surface area contributed by atoms with Crippen molar-refractivity contribution in [2.45, 2.75) is 19.1 Å². The van der Waals surface area contributed by atoms with Crippen molar-refractivity contribution in [3.8, 4) is 0 Å². The molecule has 2 N–H and O–H groups in total. The SMILES string of the molecule is O=C(O)c1c[nH]c(=O)c2c1CN(C(=O)C(F)(F)F)CC2. The van der Waals surface area contributed by atoms with Crippen molar-refractivity contribution in [1.29, 1.82) is 0 Å². The number of carboxylic acids is 1. The van der Waals surface area contributed by atoms with Gasteiger partial charge in [-0.2, -0.15) is 13.2 Å². The fourth-order valence-electron chi connectivity index (χ4n) is 2.12. The lowest BCUT2D eigenvalue weighted by Crippen LogP contribution is -2.45.